The van der Waals surface area contributed by atoms with Crippen LogP contribution in [0.15, 0.2) is 24.0 Å². The molecule has 4 N–H and O–H groups in total. The molecule has 0 spiro atoms. The molecule has 9 heteroatoms. The molecule has 3 aromatic rings. The Morgan fingerprint density at radius 3 is 2.90 bits per heavy atom. The Morgan fingerprint density at radius 1 is 1.35 bits per heavy atom. The summed E-state index contributed by atoms with van der Waals surface area (Å²) in [5.74, 6) is -0.912. The summed E-state index contributed by atoms with van der Waals surface area (Å²) in [5, 5.41) is 4.56. The molecule has 0 bridgehead atoms. The fourth-order valence-corrected chi connectivity index (χ4v) is 2.22. The van der Waals surface area contributed by atoms with Crippen LogP contribution in [0.5, 0.6) is 0 Å². The number of rotatable bonds is 3. The summed E-state index contributed by atoms with van der Waals surface area (Å²) in [6.07, 6.45) is 2.95. The molecule has 20 heavy (non-hydrogen) atoms. The van der Waals surface area contributed by atoms with Crippen molar-refractivity contribution in [1.29, 1.82) is 0 Å². The largest absolute Gasteiger partial charge is 0.364 e. The molecule has 0 aromatic carbocycles. The first-order valence-corrected chi connectivity index (χ1v) is 6.38. The number of imidazole rings is 1. The highest BCUT2D eigenvalue weighted by Gasteiger charge is 2.15. The fourth-order valence-electron chi connectivity index (χ4n) is 1.69. The lowest BCUT2D eigenvalue weighted by atomic mass is 10.3. The average Bonchev–Trinajstić information content (AvgIpc) is 3.08. The number of nitrogens with zero attached hydrogens (tertiary/aromatic N) is 3. The zero-order chi connectivity index (χ0) is 14.1. The number of aromatic nitrogens is 4. The molecule has 3 aromatic heterocycles. The van der Waals surface area contributed by atoms with Crippen molar-refractivity contribution in [2.45, 2.75) is 0 Å². The van der Waals surface area contributed by atoms with Crippen molar-refractivity contribution in [3.8, 4) is 0 Å². The molecule has 8 nitrogen and oxygen atoms in total. The Labute approximate surface area is 116 Å². The maximum atomic E-state index is 11.9. The van der Waals surface area contributed by atoms with Gasteiger partial charge in [0.25, 0.3) is 11.8 Å². The van der Waals surface area contributed by atoms with E-state index >= 15 is 0 Å². The summed E-state index contributed by atoms with van der Waals surface area (Å²) < 4.78 is 0. The number of primary amides is 1. The lowest BCUT2D eigenvalue weighted by molar-refractivity contribution is 0.0992. The number of hydrogen-bond donors (Lipinski definition) is 3. The number of pyridine rings is 1. The fraction of sp³-hybridized carbons (Fsp3) is 0. The number of nitrogens with one attached hydrogen (secondary N) is 2. The normalized spacial score (nSPS) is 10.6. The smallest absolute Gasteiger partial charge is 0.285 e. The van der Waals surface area contributed by atoms with Crippen LogP contribution in [0, 0.1) is 0 Å². The number of carbonyl (C=O) groups is 2. The molecule has 0 radical (unpaired) electrons. The Kier molecular flexibility index (Phi) is 2.88. The molecule has 3 heterocycles. The van der Waals surface area contributed by atoms with E-state index in [0.29, 0.717) is 16.0 Å². The topological polar surface area (TPSA) is 127 Å². The van der Waals surface area contributed by atoms with Crippen LogP contribution in [0.4, 0.5) is 5.82 Å². The van der Waals surface area contributed by atoms with E-state index < -0.39 is 11.8 Å². The summed E-state index contributed by atoms with van der Waals surface area (Å²) in [6.45, 7) is 0. The molecule has 100 valence electrons. The van der Waals surface area contributed by atoms with Gasteiger partial charge in [-0.2, -0.15) is 0 Å². The summed E-state index contributed by atoms with van der Waals surface area (Å²) in [4.78, 5) is 38.0. The van der Waals surface area contributed by atoms with Crippen molar-refractivity contribution in [3.63, 3.8) is 0 Å². The van der Waals surface area contributed by atoms with Crippen LogP contribution in [-0.4, -0.2) is 31.8 Å². The molecule has 0 aliphatic rings. The third kappa shape index (κ3) is 2.10. The van der Waals surface area contributed by atoms with Gasteiger partial charge in [-0.15, -0.1) is 11.3 Å². The predicted molar refractivity (Wildman–Crippen MR) is 72.5 cm³/mol. The summed E-state index contributed by atoms with van der Waals surface area (Å²) in [6, 6.07) is 1.57. The van der Waals surface area contributed by atoms with Gasteiger partial charge in [-0.05, 0) is 0 Å². The van der Waals surface area contributed by atoms with Crippen molar-refractivity contribution in [2.75, 3.05) is 5.32 Å². The third-order valence-corrected chi connectivity index (χ3v) is 3.28. The van der Waals surface area contributed by atoms with E-state index in [2.05, 4.69) is 25.3 Å². The van der Waals surface area contributed by atoms with Crippen LogP contribution in [0.2, 0.25) is 0 Å². The zero-order valence-corrected chi connectivity index (χ0v) is 10.8. The number of fused-ring (bicyclic) bond motifs is 1. The molecule has 2 amide bonds. The number of nitrogens with two attached hydrogens (primary N) is 1. The van der Waals surface area contributed by atoms with Crippen molar-refractivity contribution >= 4 is 40.0 Å². The van der Waals surface area contributed by atoms with Gasteiger partial charge in [0.2, 0.25) is 0 Å². The molecule has 0 aliphatic heterocycles. The average molecular weight is 288 g/mol. The standard InChI is InChI=1S/C11H8N6O2S/c12-9(18)8-7-5(14-4-15-7)3-6(16-8)17-10(19)11-13-1-2-20-11/h1-4H,(H2,12,18)(H,14,15)(H,16,17,19). The van der Waals surface area contributed by atoms with Gasteiger partial charge in [0.15, 0.2) is 10.7 Å². The molecule has 3 rings (SSSR count). The van der Waals surface area contributed by atoms with Crippen LogP contribution >= 0.6 is 11.3 Å². The second kappa shape index (κ2) is 4.70. The van der Waals surface area contributed by atoms with Gasteiger partial charge < -0.3 is 16.0 Å². The number of hydrogen-bond acceptors (Lipinski definition) is 6. The van der Waals surface area contributed by atoms with Gasteiger partial charge in [0.1, 0.15) is 11.3 Å². The predicted octanol–water partition coefficient (Wildman–Crippen LogP) is 0.766. The van der Waals surface area contributed by atoms with Gasteiger partial charge in [-0.25, -0.2) is 15.0 Å². The van der Waals surface area contributed by atoms with E-state index in [0.717, 1.165) is 0 Å². The number of anilines is 1. The second-order valence-electron chi connectivity index (χ2n) is 3.81. The molecule has 0 atom stereocenters. The lowest BCUT2D eigenvalue weighted by Gasteiger charge is -2.04. The van der Waals surface area contributed by atoms with Gasteiger partial charge in [0.05, 0.1) is 11.8 Å². The minimum Gasteiger partial charge on any atom is -0.364 e. The highest BCUT2D eigenvalue weighted by atomic mass is 32.1. The molecular formula is C11H8N6O2S. The van der Waals surface area contributed by atoms with E-state index in [-0.39, 0.29) is 11.5 Å². The Bertz CT molecular complexity index is 794. The van der Waals surface area contributed by atoms with Crippen molar-refractivity contribution in [3.05, 3.63) is 34.7 Å². The monoisotopic (exact) mass is 288 g/mol. The summed E-state index contributed by atoms with van der Waals surface area (Å²) >= 11 is 1.20. The quantitative estimate of drug-likeness (QED) is 0.656. The molecule has 0 aliphatic carbocycles. The number of aromatic amines is 1. The number of carbonyl (C=O) groups excluding carboxylic acids is 2. The number of thiazole rings is 1. The Hall–Kier alpha value is -2.81. The molecule has 0 saturated heterocycles. The summed E-state index contributed by atoms with van der Waals surface area (Å²) in [7, 11) is 0. The zero-order valence-electron chi connectivity index (χ0n) is 9.95. The Morgan fingerprint density at radius 2 is 2.20 bits per heavy atom. The minimum absolute atomic E-state index is 0.00168. The second-order valence-corrected chi connectivity index (χ2v) is 4.71. The lowest BCUT2D eigenvalue weighted by Crippen LogP contribution is -2.17. The van der Waals surface area contributed by atoms with Gasteiger partial charge >= 0.3 is 0 Å². The SMILES string of the molecule is NC(=O)c1nc(NC(=O)c2nccs2)cc2[nH]cnc12. The van der Waals surface area contributed by atoms with E-state index in [1.54, 1.807) is 11.4 Å². The molecular weight excluding hydrogens is 280 g/mol. The number of amides is 2. The first-order valence-electron chi connectivity index (χ1n) is 5.50. The van der Waals surface area contributed by atoms with Crippen LogP contribution in [0.25, 0.3) is 11.0 Å². The first kappa shape index (κ1) is 12.2. The van der Waals surface area contributed by atoms with Gasteiger partial charge in [-0.3, -0.25) is 9.59 Å². The highest BCUT2D eigenvalue weighted by molar-refractivity contribution is 7.11. The van der Waals surface area contributed by atoms with E-state index in [4.69, 9.17) is 5.73 Å². The van der Waals surface area contributed by atoms with Crippen LogP contribution in [0.3, 0.4) is 0 Å². The highest BCUT2D eigenvalue weighted by Crippen LogP contribution is 2.18. The third-order valence-electron chi connectivity index (χ3n) is 2.51. The van der Waals surface area contributed by atoms with Crippen LogP contribution in [-0.2, 0) is 0 Å². The number of H-pyrrole nitrogens is 1. The molecule has 0 fully saturated rings. The van der Waals surface area contributed by atoms with Crippen molar-refractivity contribution in [1.82, 2.24) is 19.9 Å². The molecule has 0 saturated carbocycles. The van der Waals surface area contributed by atoms with Crippen molar-refractivity contribution in [2.24, 2.45) is 5.73 Å². The van der Waals surface area contributed by atoms with Crippen LogP contribution in [0.1, 0.15) is 20.3 Å². The van der Waals surface area contributed by atoms with E-state index in [1.807, 2.05) is 0 Å². The maximum absolute atomic E-state index is 11.9. The van der Waals surface area contributed by atoms with Crippen molar-refractivity contribution < 1.29 is 9.59 Å². The first-order chi connectivity index (χ1) is 9.65. The summed E-state index contributed by atoms with van der Waals surface area (Å²) in [5.41, 5.74) is 6.18. The van der Waals surface area contributed by atoms with E-state index in [1.165, 1.54) is 23.9 Å². The maximum Gasteiger partial charge on any atom is 0.285 e. The van der Waals surface area contributed by atoms with Crippen LogP contribution < -0.4 is 11.1 Å². The molecule has 0 unspecified atom stereocenters. The Balaban J connectivity index is 2.00. The van der Waals surface area contributed by atoms with E-state index in [9.17, 15) is 9.59 Å². The van der Waals surface area contributed by atoms with Gasteiger partial charge in [-0.1, -0.05) is 0 Å². The minimum atomic E-state index is -0.715. The van der Waals surface area contributed by atoms with Gasteiger partial charge in [0, 0.05) is 17.6 Å².